The Bertz CT molecular complexity index is 584. The van der Waals surface area contributed by atoms with Gasteiger partial charge < -0.3 is 14.8 Å². The summed E-state index contributed by atoms with van der Waals surface area (Å²) < 4.78 is 1.98. The fourth-order valence-corrected chi connectivity index (χ4v) is 2.36. The second-order valence-corrected chi connectivity index (χ2v) is 3.93. The highest BCUT2D eigenvalue weighted by Crippen LogP contribution is 2.29. The molecule has 0 spiro atoms. The molecule has 0 saturated heterocycles. The summed E-state index contributed by atoms with van der Waals surface area (Å²) in [5.74, 6) is -0.847. The van der Waals surface area contributed by atoms with Crippen LogP contribution in [-0.4, -0.2) is 20.7 Å². The van der Waals surface area contributed by atoms with Gasteiger partial charge in [0.05, 0.1) is 5.56 Å². The van der Waals surface area contributed by atoms with Crippen LogP contribution in [0.15, 0.2) is 18.2 Å². The molecule has 17 heavy (non-hydrogen) atoms. The second kappa shape index (κ2) is 4.13. The Morgan fingerprint density at radius 1 is 1.35 bits per heavy atom. The van der Waals surface area contributed by atoms with E-state index in [0.29, 0.717) is 17.4 Å². The van der Waals surface area contributed by atoms with E-state index in [9.17, 15) is 15.0 Å². The average molecular weight is 233 g/mol. The van der Waals surface area contributed by atoms with Crippen LogP contribution in [0.1, 0.15) is 29.9 Å². The number of aryl methyl sites for hydroxylation is 1. The molecule has 0 bridgehead atoms. The zero-order chi connectivity index (χ0) is 12.6. The number of carboxylic acids is 1. The maximum Gasteiger partial charge on any atom is 0.338 e. The van der Waals surface area contributed by atoms with Crippen molar-refractivity contribution < 1.29 is 15.0 Å². The number of aromatic nitrogens is 1. The van der Waals surface area contributed by atoms with Gasteiger partial charge in [-0.05, 0) is 31.5 Å². The van der Waals surface area contributed by atoms with Crippen molar-refractivity contribution in [3.63, 3.8) is 0 Å². The fraction of sp³-hybridized carbons (Fsp3) is 0.308. The van der Waals surface area contributed by atoms with E-state index in [1.165, 1.54) is 6.07 Å². The maximum absolute atomic E-state index is 11.3. The number of aromatic carboxylic acids is 1. The Morgan fingerprint density at radius 2 is 2.06 bits per heavy atom. The minimum absolute atomic E-state index is 0.0934. The van der Waals surface area contributed by atoms with Crippen molar-refractivity contribution in [2.45, 2.75) is 26.8 Å². The molecule has 0 fully saturated rings. The van der Waals surface area contributed by atoms with Gasteiger partial charge in [0.25, 0.3) is 0 Å². The van der Waals surface area contributed by atoms with Crippen LogP contribution in [0.4, 0.5) is 0 Å². The van der Waals surface area contributed by atoms with Crippen LogP contribution in [0.3, 0.4) is 0 Å². The molecule has 4 heteroatoms. The number of carbonyl (C=O) groups is 1. The highest BCUT2D eigenvalue weighted by Gasteiger charge is 2.20. The first-order valence-electron chi connectivity index (χ1n) is 5.67. The summed E-state index contributed by atoms with van der Waals surface area (Å²) in [4.78, 5) is 11.3. The highest BCUT2D eigenvalue weighted by atomic mass is 16.4. The summed E-state index contributed by atoms with van der Waals surface area (Å²) in [5, 5.41) is 19.4. The highest BCUT2D eigenvalue weighted by molar-refractivity contribution is 6.05. The molecule has 90 valence electrons. The molecule has 0 radical (unpaired) electrons. The van der Waals surface area contributed by atoms with E-state index in [1.807, 2.05) is 18.4 Å². The Labute approximate surface area is 99.1 Å². The van der Waals surface area contributed by atoms with Crippen molar-refractivity contribution in [2.75, 3.05) is 0 Å². The number of benzene rings is 1. The topological polar surface area (TPSA) is 62.5 Å². The molecule has 1 aromatic carbocycles. The van der Waals surface area contributed by atoms with Crippen LogP contribution in [0, 0.1) is 0 Å². The minimum Gasteiger partial charge on any atom is -0.508 e. The summed E-state index contributed by atoms with van der Waals surface area (Å²) in [5.41, 5.74) is 1.97. The monoisotopic (exact) mass is 233 g/mol. The van der Waals surface area contributed by atoms with E-state index in [4.69, 9.17) is 0 Å². The number of fused-ring (bicyclic) bond motifs is 1. The molecule has 2 N–H and O–H groups in total. The largest absolute Gasteiger partial charge is 0.508 e. The quantitative estimate of drug-likeness (QED) is 0.856. The van der Waals surface area contributed by atoms with E-state index >= 15 is 0 Å². The van der Waals surface area contributed by atoms with Gasteiger partial charge in [-0.1, -0.05) is 6.92 Å². The molecule has 0 amide bonds. The third-order valence-corrected chi connectivity index (χ3v) is 3.02. The fourth-order valence-electron chi connectivity index (χ4n) is 2.36. The van der Waals surface area contributed by atoms with Gasteiger partial charge in [-0.25, -0.2) is 4.79 Å². The van der Waals surface area contributed by atoms with Crippen molar-refractivity contribution >= 4 is 16.9 Å². The molecule has 0 unspecified atom stereocenters. The lowest BCUT2D eigenvalue weighted by Crippen LogP contribution is -2.04. The Hall–Kier alpha value is -1.97. The van der Waals surface area contributed by atoms with E-state index in [2.05, 4.69) is 0 Å². The summed E-state index contributed by atoms with van der Waals surface area (Å²) in [6, 6.07) is 4.86. The van der Waals surface area contributed by atoms with Crippen molar-refractivity contribution in [3.05, 3.63) is 29.5 Å². The minimum atomic E-state index is -0.940. The molecular weight excluding hydrogens is 218 g/mol. The van der Waals surface area contributed by atoms with Crippen LogP contribution in [0.5, 0.6) is 5.75 Å². The molecule has 0 saturated carbocycles. The molecule has 1 aromatic heterocycles. The first-order chi connectivity index (χ1) is 8.10. The summed E-state index contributed by atoms with van der Waals surface area (Å²) >= 11 is 0. The number of hydrogen-bond acceptors (Lipinski definition) is 2. The first-order valence-corrected chi connectivity index (χ1v) is 5.67. The van der Waals surface area contributed by atoms with Crippen molar-refractivity contribution in [1.82, 2.24) is 4.57 Å². The molecule has 0 aliphatic rings. The number of phenolic OH excluding ortho intramolecular Hbond substituents is 1. The van der Waals surface area contributed by atoms with Gasteiger partial charge in [0, 0.05) is 23.1 Å². The van der Waals surface area contributed by atoms with E-state index in [-0.39, 0.29) is 5.75 Å². The third kappa shape index (κ3) is 1.65. The second-order valence-electron chi connectivity index (χ2n) is 3.93. The normalized spacial score (nSPS) is 10.9. The molecule has 2 rings (SSSR count). The average Bonchev–Trinajstić information content (AvgIpc) is 2.61. The number of aromatic hydroxyl groups is 1. The van der Waals surface area contributed by atoms with Crippen LogP contribution >= 0.6 is 0 Å². The summed E-state index contributed by atoms with van der Waals surface area (Å²) in [7, 11) is 0. The Morgan fingerprint density at radius 3 is 2.59 bits per heavy atom. The summed E-state index contributed by atoms with van der Waals surface area (Å²) in [6.45, 7) is 4.64. The lowest BCUT2D eigenvalue weighted by molar-refractivity contribution is 0.0697. The Balaban J connectivity index is 2.92. The van der Waals surface area contributed by atoms with Gasteiger partial charge in [0.1, 0.15) is 5.75 Å². The standard InChI is InChI=1S/C13H15NO3/c1-3-10-12(13(16)17)9-7-8(15)5-6-11(9)14(10)4-2/h5-7,15H,3-4H2,1-2H3,(H,16,17). The van der Waals surface area contributed by atoms with Gasteiger partial charge in [0.2, 0.25) is 0 Å². The predicted octanol–water partition coefficient (Wildman–Crippen LogP) is 2.63. The zero-order valence-electron chi connectivity index (χ0n) is 9.90. The molecule has 0 aliphatic heterocycles. The SMILES string of the molecule is CCc1c(C(=O)O)c2cc(O)ccc2n1CC. The van der Waals surface area contributed by atoms with Crippen LogP contribution in [0.2, 0.25) is 0 Å². The van der Waals surface area contributed by atoms with Crippen molar-refractivity contribution in [2.24, 2.45) is 0 Å². The van der Waals surface area contributed by atoms with Gasteiger partial charge >= 0.3 is 5.97 Å². The lowest BCUT2D eigenvalue weighted by Gasteiger charge is -2.05. The number of phenols is 1. The van der Waals surface area contributed by atoms with Crippen molar-refractivity contribution in [3.8, 4) is 5.75 Å². The third-order valence-electron chi connectivity index (χ3n) is 3.02. The van der Waals surface area contributed by atoms with E-state index in [0.717, 1.165) is 17.8 Å². The van der Waals surface area contributed by atoms with Gasteiger partial charge in [-0.2, -0.15) is 0 Å². The molecule has 1 heterocycles. The number of hydrogen-bond donors (Lipinski definition) is 2. The van der Waals surface area contributed by atoms with E-state index < -0.39 is 5.97 Å². The number of nitrogens with zero attached hydrogens (tertiary/aromatic N) is 1. The molecular formula is C13H15NO3. The molecule has 4 nitrogen and oxygen atoms in total. The molecule has 0 atom stereocenters. The van der Waals surface area contributed by atoms with Gasteiger partial charge in [0.15, 0.2) is 0 Å². The van der Waals surface area contributed by atoms with E-state index in [1.54, 1.807) is 12.1 Å². The van der Waals surface area contributed by atoms with Crippen molar-refractivity contribution in [1.29, 1.82) is 0 Å². The number of rotatable bonds is 3. The predicted molar refractivity (Wildman–Crippen MR) is 65.6 cm³/mol. The molecule has 0 aliphatic carbocycles. The van der Waals surface area contributed by atoms with Gasteiger partial charge in [-0.15, -0.1) is 0 Å². The van der Waals surface area contributed by atoms with Gasteiger partial charge in [-0.3, -0.25) is 0 Å². The number of carboxylic acid groups (broad SMARTS) is 1. The van der Waals surface area contributed by atoms with Crippen LogP contribution < -0.4 is 0 Å². The molecule has 2 aromatic rings. The maximum atomic E-state index is 11.3. The smallest absolute Gasteiger partial charge is 0.338 e. The Kier molecular flexibility index (Phi) is 2.79. The lowest BCUT2D eigenvalue weighted by atomic mass is 10.1. The van der Waals surface area contributed by atoms with Crippen LogP contribution in [0.25, 0.3) is 10.9 Å². The summed E-state index contributed by atoms with van der Waals surface area (Å²) in [6.07, 6.45) is 0.658. The zero-order valence-corrected chi connectivity index (χ0v) is 9.90. The van der Waals surface area contributed by atoms with Crippen LogP contribution in [-0.2, 0) is 13.0 Å². The first kappa shape index (κ1) is 11.5.